The normalized spacial score (nSPS) is 10.7. The van der Waals surface area contributed by atoms with E-state index in [1.165, 1.54) is 6.20 Å². The Balaban J connectivity index is 2.26. The van der Waals surface area contributed by atoms with Crippen LogP contribution in [0.1, 0.15) is 0 Å². The van der Waals surface area contributed by atoms with Crippen molar-refractivity contribution in [2.75, 3.05) is 5.73 Å². The Kier molecular flexibility index (Phi) is 2.45. The lowest BCUT2D eigenvalue weighted by Crippen LogP contribution is -1.95. The van der Waals surface area contributed by atoms with Gasteiger partial charge in [-0.15, -0.1) is 0 Å². The van der Waals surface area contributed by atoms with Gasteiger partial charge in [0.1, 0.15) is 11.5 Å². The summed E-state index contributed by atoms with van der Waals surface area (Å²) in [6.45, 7) is 0. The Labute approximate surface area is 109 Å². The number of hydrogen-bond donors (Lipinski definition) is 3. The Morgan fingerprint density at radius 1 is 0.947 bits per heavy atom. The Bertz CT molecular complexity index is 772. The van der Waals surface area contributed by atoms with E-state index in [1.54, 1.807) is 36.4 Å². The van der Waals surface area contributed by atoms with Gasteiger partial charge in [-0.05, 0) is 41.1 Å². The number of nitrogens with zero attached hydrogens (tertiary/aromatic N) is 2. The van der Waals surface area contributed by atoms with Crippen molar-refractivity contribution in [2.24, 2.45) is 0 Å². The second-order valence-corrected chi connectivity index (χ2v) is 4.20. The summed E-state index contributed by atoms with van der Waals surface area (Å²) in [5.41, 5.74) is 6.62. The molecule has 19 heavy (non-hydrogen) atoms. The van der Waals surface area contributed by atoms with Gasteiger partial charge in [-0.1, -0.05) is 6.07 Å². The monoisotopic (exact) mass is 253 g/mol. The molecule has 5 heteroatoms. The molecule has 0 aliphatic heterocycles. The van der Waals surface area contributed by atoms with Crippen molar-refractivity contribution in [1.82, 2.24) is 9.97 Å². The first-order chi connectivity index (χ1) is 9.13. The third-order valence-corrected chi connectivity index (χ3v) is 2.89. The lowest BCUT2D eigenvalue weighted by atomic mass is 10.0. The number of phenolic OH excluding ortho intramolecular Hbond substituents is 2. The van der Waals surface area contributed by atoms with Crippen LogP contribution < -0.4 is 5.73 Å². The third-order valence-electron chi connectivity index (χ3n) is 2.89. The quantitative estimate of drug-likeness (QED) is 0.618. The van der Waals surface area contributed by atoms with Gasteiger partial charge >= 0.3 is 0 Å². The van der Waals surface area contributed by atoms with E-state index in [4.69, 9.17) is 5.73 Å². The van der Waals surface area contributed by atoms with Crippen molar-refractivity contribution in [2.45, 2.75) is 0 Å². The van der Waals surface area contributed by atoms with Crippen LogP contribution >= 0.6 is 0 Å². The summed E-state index contributed by atoms with van der Waals surface area (Å²) in [6, 6.07) is 9.99. The number of rotatable bonds is 1. The Morgan fingerprint density at radius 2 is 1.79 bits per heavy atom. The van der Waals surface area contributed by atoms with Gasteiger partial charge in [0, 0.05) is 11.8 Å². The molecule has 0 unspecified atom stereocenters. The molecule has 0 bridgehead atoms. The highest BCUT2D eigenvalue weighted by atomic mass is 16.3. The van der Waals surface area contributed by atoms with Crippen LogP contribution in [0.4, 0.5) is 5.95 Å². The van der Waals surface area contributed by atoms with E-state index in [0.717, 1.165) is 10.8 Å². The molecular weight excluding hydrogens is 242 g/mol. The van der Waals surface area contributed by atoms with Crippen molar-refractivity contribution in [3.8, 4) is 22.8 Å². The molecular formula is C14H11N3O2. The smallest absolute Gasteiger partial charge is 0.220 e. The average Bonchev–Trinajstić information content (AvgIpc) is 2.38. The first-order valence-electron chi connectivity index (χ1n) is 5.68. The number of hydrogen-bond acceptors (Lipinski definition) is 5. The highest BCUT2D eigenvalue weighted by Gasteiger charge is 2.09. The summed E-state index contributed by atoms with van der Waals surface area (Å²) in [7, 11) is 0. The minimum atomic E-state index is 0.108. The summed E-state index contributed by atoms with van der Waals surface area (Å²) in [6.07, 6.45) is 1.53. The maximum absolute atomic E-state index is 10.1. The van der Waals surface area contributed by atoms with E-state index >= 15 is 0 Å². The lowest BCUT2D eigenvalue weighted by Gasteiger charge is -2.07. The Hall–Kier alpha value is -2.82. The zero-order valence-electron chi connectivity index (χ0n) is 9.91. The molecule has 0 fully saturated rings. The highest BCUT2D eigenvalue weighted by Crippen LogP contribution is 2.33. The first-order valence-corrected chi connectivity index (χ1v) is 5.68. The zero-order valence-corrected chi connectivity index (χ0v) is 9.91. The van der Waals surface area contributed by atoms with Crippen LogP contribution in [0.25, 0.3) is 22.0 Å². The molecule has 4 N–H and O–H groups in total. The van der Waals surface area contributed by atoms with Gasteiger partial charge in [-0.25, -0.2) is 9.97 Å². The third kappa shape index (κ3) is 2.01. The molecule has 0 saturated heterocycles. The summed E-state index contributed by atoms with van der Waals surface area (Å²) < 4.78 is 0. The maximum atomic E-state index is 10.1. The fraction of sp³-hybridized carbons (Fsp3) is 0. The van der Waals surface area contributed by atoms with Gasteiger partial charge in [-0.3, -0.25) is 0 Å². The second-order valence-electron chi connectivity index (χ2n) is 4.20. The largest absolute Gasteiger partial charge is 0.508 e. The number of fused-ring (bicyclic) bond motifs is 1. The number of aromatic nitrogens is 2. The average molecular weight is 253 g/mol. The first kappa shape index (κ1) is 11.3. The number of anilines is 1. The van der Waals surface area contributed by atoms with Crippen LogP contribution in [0.15, 0.2) is 42.6 Å². The van der Waals surface area contributed by atoms with Gasteiger partial charge in [0.15, 0.2) is 0 Å². The van der Waals surface area contributed by atoms with Crippen LogP contribution in [0, 0.1) is 0 Å². The number of benzene rings is 2. The van der Waals surface area contributed by atoms with E-state index in [-0.39, 0.29) is 17.4 Å². The molecule has 5 nitrogen and oxygen atoms in total. The molecule has 2 aromatic carbocycles. The molecule has 1 aromatic heterocycles. The standard InChI is InChI=1S/C14H11N3O2/c15-14-16-4-3-12(17-14)11-6-9-5-10(18)2-1-8(9)7-13(11)19/h1-7,18-19H,(H2,15,16,17). The van der Waals surface area contributed by atoms with Gasteiger partial charge in [0.05, 0.1) is 5.69 Å². The fourth-order valence-corrected chi connectivity index (χ4v) is 2.00. The molecule has 0 spiro atoms. The van der Waals surface area contributed by atoms with Gasteiger partial charge in [0.2, 0.25) is 5.95 Å². The molecule has 1 heterocycles. The van der Waals surface area contributed by atoms with E-state index in [9.17, 15) is 10.2 Å². The fourth-order valence-electron chi connectivity index (χ4n) is 2.00. The van der Waals surface area contributed by atoms with Crippen LogP contribution in [0.5, 0.6) is 11.5 Å². The number of nitrogens with two attached hydrogens (primary N) is 1. The molecule has 0 aliphatic rings. The second kappa shape index (κ2) is 4.13. The molecule has 3 rings (SSSR count). The number of aromatic hydroxyl groups is 2. The van der Waals surface area contributed by atoms with E-state index in [1.807, 2.05) is 0 Å². The molecule has 0 atom stereocenters. The topological polar surface area (TPSA) is 92.3 Å². The van der Waals surface area contributed by atoms with Crippen molar-refractivity contribution in [3.05, 3.63) is 42.6 Å². The van der Waals surface area contributed by atoms with Crippen molar-refractivity contribution < 1.29 is 10.2 Å². The van der Waals surface area contributed by atoms with Crippen LogP contribution in [-0.4, -0.2) is 20.2 Å². The van der Waals surface area contributed by atoms with Gasteiger partial charge in [0.25, 0.3) is 0 Å². The summed E-state index contributed by atoms with van der Waals surface area (Å²) >= 11 is 0. The molecule has 94 valence electrons. The summed E-state index contributed by atoms with van der Waals surface area (Å²) in [5.74, 6) is 0.426. The molecule has 0 aliphatic carbocycles. The zero-order chi connectivity index (χ0) is 13.4. The number of nitrogen functional groups attached to an aromatic ring is 1. The molecule has 3 aromatic rings. The van der Waals surface area contributed by atoms with Gasteiger partial charge in [-0.2, -0.15) is 0 Å². The maximum Gasteiger partial charge on any atom is 0.220 e. The van der Waals surface area contributed by atoms with Crippen LogP contribution in [0.2, 0.25) is 0 Å². The SMILES string of the molecule is Nc1nccc(-c2cc3cc(O)ccc3cc2O)n1. The van der Waals surface area contributed by atoms with Crippen LogP contribution in [-0.2, 0) is 0 Å². The Morgan fingerprint density at radius 3 is 2.58 bits per heavy atom. The summed E-state index contributed by atoms with van der Waals surface area (Å²) in [4.78, 5) is 7.89. The van der Waals surface area contributed by atoms with Crippen molar-refractivity contribution in [1.29, 1.82) is 0 Å². The lowest BCUT2D eigenvalue weighted by molar-refractivity contribution is 0.475. The highest BCUT2D eigenvalue weighted by molar-refractivity contribution is 5.90. The molecule has 0 radical (unpaired) electrons. The van der Waals surface area contributed by atoms with Gasteiger partial charge < -0.3 is 15.9 Å². The number of phenols is 2. The molecule has 0 amide bonds. The van der Waals surface area contributed by atoms with E-state index in [0.29, 0.717) is 11.3 Å². The van der Waals surface area contributed by atoms with Crippen molar-refractivity contribution >= 4 is 16.7 Å². The van der Waals surface area contributed by atoms with E-state index < -0.39 is 0 Å². The predicted molar refractivity (Wildman–Crippen MR) is 72.7 cm³/mol. The van der Waals surface area contributed by atoms with Crippen LogP contribution in [0.3, 0.4) is 0 Å². The minimum absolute atomic E-state index is 0.108. The van der Waals surface area contributed by atoms with E-state index in [2.05, 4.69) is 9.97 Å². The predicted octanol–water partition coefficient (Wildman–Crippen LogP) is 2.29. The minimum Gasteiger partial charge on any atom is -0.508 e. The summed E-state index contributed by atoms with van der Waals surface area (Å²) in [5, 5.41) is 21.2. The molecule has 0 saturated carbocycles. The van der Waals surface area contributed by atoms with Crippen molar-refractivity contribution in [3.63, 3.8) is 0 Å².